The maximum Gasteiger partial charge on any atom is 0.311 e. The Bertz CT molecular complexity index is 2230. The van der Waals surface area contributed by atoms with Crippen LogP contribution in [0.4, 0.5) is 4.39 Å². The summed E-state index contributed by atoms with van der Waals surface area (Å²) in [6, 6.07) is 10.5. The van der Waals surface area contributed by atoms with Gasteiger partial charge in [0, 0.05) is 75.4 Å². The molecule has 2 aromatic heterocycles. The van der Waals surface area contributed by atoms with E-state index in [0.29, 0.717) is 43.9 Å². The highest BCUT2D eigenvalue weighted by atomic mass is 35.5. The Morgan fingerprint density at radius 1 is 0.946 bits per heavy atom. The molecule has 3 aromatic rings. The lowest BCUT2D eigenvalue weighted by atomic mass is 9.77. The summed E-state index contributed by atoms with van der Waals surface area (Å²) in [5.74, 6) is -2.55. The number of hydrogen-bond donors (Lipinski definition) is 4. The molecular weight excluding hydrogens is 975 g/mol. The SMILES string of the molecule is CC[C@H]1OC(=O)[C@H](C)[C@@H](O[C@H]2C[C@@](C)(OC)[C@@H](O)[C@H](C)O2)[C@H](C)[C@@H](O[C@H]2C[C@@H](N(C)CCc3cn([C@H](CF)Cc4ccc(-c5ccc(Cl)nc5)cc4)nn3)C[C@@H](C)O2)[C@](C)(O)C[C@@H](C)CN(C)[C@H](C)[C@@H](O)[C@]1(C)O. The second-order valence-electron chi connectivity index (χ2n) is 22.6. The lowest BCUT2D eigenvalue weighted by Gasteiger charge is -2.48. The molecule has 74 heavy (non-hydrogen) atoms. The van der Waals surface area contributed by atoms with E-state index in [1.807, 2.05) is 83.2 Å². The second kappa shape index (κ2) is 25.5. The van der Waals surface area contributed by atoms with Gasteiger partial charge in [0.1, 0.15) is 35.7 Å². The summed E-state index contributed by atoms with van der Waals surface area (Å²) in [5.41, 5.74) is -0.758. The Labute approximate surface area is 443 Å². The van der Waals surface area contributed by atoms with Gasteiger partial charge in [-0.2, -0.15) is 0 Å². The van der Waals surface area contributed by atoms with Gasteiger partial charge in [-0.25, -0.2) is 14.1 Å². The molecule has 18 atom stereocenters. The fourth-order valence-corrected chi connectivity index (χ4v) is 11.7. The van der Waals surface area contributed by atoms with Crippen LogP contribution in [-0.2, 0) is 46.1 Å². The highest BCUT2D eigenvalue weighted by Crippen LogP contribution is 2.40. The van der Waals surface area contributed by atoms with Crippen LogP contribution in [0.3, 0.4) is 0 Å². The summed E-state index contributed by atoms with van der Waals surface area (Å²) in [5, 5.41) is 56.7. The van der Waals surface area contributed by atoms with Crippen molar-refractivity contribution >= 4 is 17.6 Å². The highest BCUT2D eigenvalue weighted by molar-refractivity contribution is 6.29. The first-order chi connectivity index (χ1) is 34.8. The Morgan fingerprint density at radius 2 is 1.64 bits per heavy atom. The van der Waals surface area contributed by atoms with E-state index in [0.717, 1.165) is 22.4 Å². The predicted octanol–water partition coefficient (Wildman–Crippen LogP) is 6.60. The first kappa shape index (κ1) is 60.0. The summed E-state index contributed by atoms with van der Waals surface area (Å²) in [6.07, 6.45) is -1.62. The molecule has 17 nitrogen and oxygen atoms in total. The summed E-state index contributed by atoms with van der Waals surface area (Å²) in [7, 11) is 5.43. The molecule has 0 bridgehead atoms. The molecule has 0 amide bonds. The smallest absolute Gasteiger partial charge is 0.311 e. The summed E-state index contributed by atoms with van der Waals surface area (Å²) >= 11 is 5.97. The van der Waals surface area contributed by atoms with Crippen molar-refractivity contribution in [1.29, 1.82) is 0 Å². The van der Waals surface area contributed by atoms with Crippen molar-refractivity contribution < 1.29 is 58.0 Å². The van der Waals surface area contributed by atoms with Crippen LogP contribution >= 0.6 is 11.6 Å². The zero-order chi connectivity index (χ0) is 54.4. The van der Waals surface area contributed by atoms with Gasteiger partial charge in [0.2, 0.25) is 0 Å². The third-order valence-electron chi connectivity index (χ3n) is 16.3. The number of pyridine rings is 1. The molecule has 0 unspecified atom stereocenters. The maximum atomic E-state index is 14.6. The van der Waals surface area contributed by atoms with E-state index < -0.39 is 103 Å². The summed E-state index contributed by atoms with van der Waals surface area (Å²) in [6.45, 7) is 18.4. The molecule has 0 aliphatic carbocycles. The monoisotopic (exact) mass is 1060 g/mol. The van der Waals surface area contributed by atoms with Crippen molar-refractivity contribution in [3.05, 3.63) is 65.2 Å². The van der Waals surface area contributed by atoms with Gasteiger partial charge in [0.15, 0.2) is 12.6 Å². The molecule has 4 N–H and O–H groups in total. The molecule has 416 valence electrons. The van der Waals surface area contributed by atoms with Crippen LogP contribution < -0.4 is 0 Å². The van der Waals surface area contributed by atoms with Crippen molar-refractivity contribution in [2.24, 2.45) is 17.8 Å². The van der Waals surface area contributed by atoms with Gasteiger partial charge in [0.25, 0.3) is 0 Å². The van der Waals surface area contributed by atoms with E-state index in [9.17, 15) is 29.6 Å². The molecule has 3 aliphatic rings. The zero-order valence-electron chi connectivity index (χ0n) is 45.9. The Balaban J connectivity index is 1.21. The van der Waals surface area contributed by atoms with Crippen molar-refractivity contribution in [2.75, 3.05) is 41.0 Å². The molecule has 3 aliphatic heterocycles. The van der Waals surface area contributed by atoms with E-state index in [2.05, 4.69) is 20.2 Å². The van der Waals surface area contributed by atoms with Crippen LogP contribution in [-0.4, -0.2) is 181 Å². The van der Waals surface area contributed by atoms with Crippen molar-refractivity contribution in [1.82, 2.24) is 29.8 Å². The second-order valence-corrected chi connectivity index (χ2v) is 23.0. The zero-order valence-corrected chi connectivity index (χ0v) is 46.7. The molecule has 5 heterocycles. The standard InChI is InChI=1S/C55H86ClFN6O11/c1-14-44-55(10,68)49(64)36(6)62(12)30-32(2)26-53(8,67)51(34(4)48(35(5)52(66)72-44)73-47-27-54(9,69-13)50(65)37(7)71-47)74-46-25-42(23-33(3)70-46)61(11)22-21-41-31-63(60-59-41)43(28-57)24-38-15-17-39(18-16-38)40-19-20-45(56)58-29-40/h15-20,29,31-37,42-44,46-51,64-65,67-68H,14,21-28,30H2,1-13H3/t32-,33-,34+,35-,36-,37+,42+,43+,44-,46+,47+,48+,49-,50+,51-,53-,54-,55-/m1/s1. The number of nitrogens with zero attached hydrogens (tertiary/aromatic N) is 6. The minimum atomic E-state index is -1.82. The number of benzene rings is 1. The number of ether oxygens (including phenoxy) is 6. The topological polar surface area (TPSA) is 203 Å². The van der Waals surface area contributed by atoms with Crippen LogP contribution in [0.1, 0.15) is 119 Å². The van der Waals surface area contributed by atoms with Gasteiger partial charge in [-0.3, -0.25) is 4.79 Å². The molecule has 6 rings (SSSR count). The maximum absolute atomic E-state index is 14.6. The molecule has 0 radical (unpaired) electrons. The Hall–Kier alpha value is -3.24. The molecule has 19 heteroatoms. The van der Waals surface area contributed by atoms with Gasteiger partial charge in [-0.15, -0.1) is 5.10 Å². The lowest BCUT2D eigenvalue weighted by Crippen LogP contribution is -2.59. The number of aliphatic hydroxyl groups is 4. The number of esters is 1. The minimum Gasteiger partial charge on any atom is -0.459 e. The van der Waals surface area contributed by atoms with Gasteiger partial charge in [-0.05, 0) is 117 Å². The van der Waals surface area contributed by atoms with Gasteiger partial charge in [0.05, 0.1) is 53.3 Å². The van der Waals surface area contributed by atoms with E-state index in [4.69, 9.17) is 40.0 Å². The van der Waals surface area contributed by atoms with Crippen LogP contribution in [0, 0.1) is 17.8 Å². The van der Waals surface area contributed by atoms with Crippen LogP contribution in [0.15, 0.2) is 48.8 Å². The minimum absolute atomic E-state index is 0.00186. The summed E-state index contributed by atoms with van der Waals surface area (Å²) < 4.78 is 54.9. The molecular formula is C55H86ClFN6O11. The van der Waals surface area contributed by atoms with Gasteiger partial charge in [-0.1, -0.05) is 61.9 Å². The average Bonchev–Trinajstić information content (AvgIpc) is 3.84. The predicted molar refractivity (Wildman–Crippen MR) is 279 cm³/mol. The molecule has 3 fully saturated rings. The fourth-order valence-electron chi connectivity index (χ4n) is 11.6. The average molecular weight is 1060 g/mol. The number of methoxy groups -OCH3 is 1. The Morgan fingerprint density at radius 3 is 2.27 bits per heavy atom. The first-order valence-corrected chi connectivity index (χ1v) is 26.9. The third-order valence-corrected chi connectivity index (χ3v) is 16.6. The molecule has 1 aromatic carbocycles. The normalized spacial score (nSPS) is 37.8. The number of hydrogen-bond acceptors (Lipinski definition) is 16. The van der Waals surface area contributed by atoms with Crippen molar-refractivity contribution in [3.63, 3.8) is 0 Å². The van der Waals surface area contributed by atoms with E-state index in [-0.39, 0.29) is 37.3 Å². The first-order valence-electron chi connectivity index (χ1n) is 26.6. The number of aromatic nitrogens is 4. The number of carbonyl (C=O) groups is 1. The molecule has 3 saturated heterocycles. The van der Waals surface area contributed by atoms with Gasteiger partial charge < -0.3 is 58.6 Å². The number of carbonyl (C=O) groups excluding carboxylic acids is 1. The van der Waals surface area contributed by atoms with Crippen LogP contribution in [0.2, 0.25) is 5.15 Å². The number of aliphatic hydroxyl groups excluding tert-OH is 2. The number of halogens is 2. The third kappa shape index (κ3) is 14.5. The van der Waals surface area contributed by atoms with Crippen LogP contribution in [0.25, 0.3) is 11.1 Å². The van der Waals surface area contributed by atoms with E-state index in [1.165, 1.54) is 14.0 Å². The van der Waals surface area contributed by atoms with Gasteiger partial charge >= 0.3 is 5.97 Å². The number of cyclic esters (lactones) is 1. The summed E-state index contributed by atoms with van der Waals surface area (Å²) in [4.78, 5) is 22.9. The number of alkyl halides is 1. The largest absolute Gasteiger partial charge is 0.459 e. The van der Waals surface area contributed by atoms with Crippen molar-refractivity contribution in [3.8, 4) is 11.1 Å². The number of likely N-dealkylation sites (N-methyl/N-ethyl adjacent to an activating group) is 2. The molecule has 0 spiro atoms. The highest BCUT2D eigenvalue weighted by Gasteiger charge is 2.52. The fraction of sp³-hybridized carbons (Fsp3) is 0.745. The molecule has 0 saturated carbocycles. The number of rotatable bonds is 15. The quantitative estimate of drug-likeness (QED) is 0.0935. The van der Waals surface area contributed by atoms with E-state index >= 15 is 0 Å². The van der Waals surface area contributed by atoms with Crippen LogP contribution in [0.5, 0.6) is 0 Å². The van der Waals surface area contributed by atoms with E-state index in [1.54, 1.807) is 51.6 Å². The lowest BCUT2D eigenvalue weighted by molar-refractivity contribution is -0.308. The Kier molecular flexibility index (Phi) is 20.7. The van der Waals surface area contributed by atoms with Crippen molar-refractivity contribution in [2.45, 2.75) is 204 Å².